The Kier molecular flexibility index (Phi) is 4.92. The lowest BCUT2D eigenvalue weighted by Crippen LogP contribution is -1.91. The summed E-state index contributed by atoms with van der Waals surface area (Å²) in [6.45, 7) is 4.06. The number of nitro benzene ring substituents is 1. The van der Waals surface area contributed by atoms with Crippen molar-refractivity contribution in [2.45, 2.75) is 13.8 Å². The van der Waals surface area contributed by atoms with E-state index in [-0.39, 0.29) is 5.69 Å². The maximum absolute atomic E-state index is 11.2. The van der Waals surface area contributed by atoms with Crippen LogP contribution in [0.4, 0.5) is 5.69 Å². The molecule has 3 aromatic rings. The van der Waals surface area contributed by atoms with Crippen LogP contribution >= 0.6 is 11.3 Å². The summed E-state index contributed by atoms with van der Waals surface area (Å²) < 4.78 is 0. The molecule has 0 aliphatic heterocycles. The Labute approximate surface area is 155 Å². The van der Waals surface area contributed by atoms with Crippen LogP contribution in [0.15, 0.2) is 47.8 Å². The number of aryl methyl sites for hydroxylation is 2. The number of rotatable bonds is 4. The summed E-state index contributed by atoms with van der Waals surface area (Å²) in [6.07, 6.45) is 1.52. The van der Waals surface area contributed by atoms with Gasteiger partial charge in [-0.1, -0.05) is 35.9 Å². The Bertz CT molecular complexity index is 1060. The lowest BCUT2D eigenvalue weighted by atomic mass is 10.0. The van der Waals surface area contributed by atoms with Crippen molar-refractivity contribution in [3.8, 4) is 17.3 Å². The first-order valence-corrected chi connectivity index (χ1v) is 8.76. The van der Waals surface area contributed by atoms with Crippen LogP contribution in [0, 0.1) is 35.3 Å². The SMILES string of the molecule is Cc1ccc(-c2csc(C(C#N)=Cc3ccccc3[N+](=O)[O-])n2)c(C)c1. The van der Waals surface area contributed by atoms with Gasteiger partial charge in [0.25, 0.3) is 5.69 Å². The minimum Gasteiger partial charge on any atom is -0.258 e. The van der Waals surface area contributed by atoms with Gasteiger partial charge < -0.3 is 0 Å². The van der Waals surface area contributed by atoms with Crippen molar-refractivity contribution in [3.63, 3.8) is 0 Å². The number of nitro groups is 1. The highest BCUT2D eigenvalue weighted by atomic mass is 32.1. The molecular weight excluding hydrogens is 346 g/mol. The zero-order chi connectivity index (χ0) is 18.7. The molecule has 0 unspecified atom stereocenters. The van der Waals surface area contributed by atoms with Gasteiger partial charge in [-0.25, -0.2) is 4.98 Å². The van der Waals surface area contributed by atoms with Crippen LogP contribution in [-0.4, -0.2) is 9.91 Å². The molecule has 0 saturated carbocycles. The molecule has 0 aliphatic rings. The van der Waals surface area contributed by atoms with Crippen LogP contribution in [0.1, 0.15) is 21.7 Å². The number of nitriles is 1. The van der Waals surface area contributed by atoms with E-state index in [0.717, 1.165) is 16.8 Å². The molecule has 6 heteroatoms. The van der Waals surface area contributed by atoms with Crippen LogP contribution in [0.3, 0.4) is 0 Å². The number of nitrogens with zero attached hydrogens (tertiary/aromatic N) is 3. The molecule has 128 valence electrons. The molecule has 2 aromatic carbocycles. The van der Waals surface area contributed by atoms with E-state index >= 15 is 0 Å². The maximum Gasteiger partial charge on any atom is 0.276 e. The number of hydrogen-bond donors (Lipinski definition) is 0. The lowest BCUT2D eigenvalue weighted by Gasteiger charge is -2.03. The van der Waals surface area contributed by atoms with Crippen molar-refractivity contribution in [1.82, 2.24) is 4.98 Å². The molecule has 0 spiro atoms. The summed E-state index contributed by atoms with van der Waals surface area (Å²) in [7, 11) is 0. The topological polar surface area (TPSA) is 79.8 Å². The van der Waals surface area contributed by atoms with Crippen LogP contribution in [0.25, 0.3) is 22.9 Å². The molecule has 3 rings (SSSR count). The fourth-order valence-electron chi connectivity index (χ4n) is 2.70. The molecule has 0 N–H and O–H groups in total. The number of aromatic nitrogens is 1. The van der Waals surface area contributed by atoms with Gasteiger partial charge in [0.2, 0.25) is 0 Å². The summed E-state index contributed by atoms with van der Waals surface area (Å²) >= 11 is 1.35. The summed E-state index contributed by atoms with van der Waals surface area (Å²) in [4.78, 5) is 15.3. The third-order valence-corrected chi connectivity index (χ3v) is 4.82. The van der Waals surface area contributed by atoms with Crippen LogP contribution in [0.2, 0.25) is 0 Å². The van der Waals surface area contributed by atoms with Crippen molar-refractivity contribution in [3.05, 3.63) is 79.7 Å². The molecule has 1 aromatic heterocycles. The third-order valence-electron chi connectivity index (χ3n) is 3.95. The molecule has 5 nitrogen and oxygen atoms in total. The first-order chi connectivity index (χ1) is 12.5. The second-order valence-electron chi connectivity index (χ2n) is 5.84. The highest BCUT2D eigenvalue weighted by Crippen LogP contribution is 2.30. The summed E-state index contributed by atoms with van der Waals surface area (Å²) in [6, 6.07) is 14.6. The molecular formula is C20H15N3O2S. The standard InChI is InChI=1S/C20H15N3O2S/c1-13-7-8-17(14(2)9-13)18-12-26-20(22-18)16(11-21)10-15-5-3-4-6-19(15)23(24)25/h3-10,12H,1-2H3. The molecule has 1 heterocycles. The van der Waals surface area contributed by atoms with Crippen molar-refractivity contribution >= 4 is 28.7 Å². The van der Waals surface area contributed by atoms with Crippen molar-refractivity contribution in [2.24, 2.45) is 0 Å². The number of thiazole rings is 1. The Hall–Kier alpha value is -3.30. The van der Waals surface area contributed by atoms with Gasteiger partial charge in [0.15, 0.2) is 0 Å². The first-order valence-electron chi connectivity index (χ1n) is 7.88. The number of para-hydroxylation sites is 1. The van der Waals surface area contributed by atoms with Crippen molar-refractivity contribution in [2.75, 3.05) is 0 Å². The van der Waals surface area contributed by atoms with Gasteiger partial charge in [-0.3, -0.25) is 10.1 Å². The molecule has 0 bridgehead atoms. The van der Waals surface area contributed by atoms with Gasteiger partial charge in [0.1, 0.15) is 11.1 Å². The van der Waals surface area contributed by atoms with Gasteiger partial charge >= 0.3 is 0 Å². The van der Waals surface area contributed by atoms with E-state index in [4.69, 9.17) is 0 Å². The molecule has 0 amide bonds. The quantitative estimate of drug-likeness (QED) is 0.354. The molecule has 26 heavy (non-hydrogen) atoms. The molecule has 0 aliphatic carbocycles. The predicted molar refractivity (Wildman–Crippen MR) is 104 cm³/mol. The minimum absolute atomic E-state index is 0.0357. The van der Waals surface area contributed by atoms with E-state index in [1.165, 1.54) is 29.0 Å². The smallest absolute Gasteiger partial charge is 0.258 e. The fraction of sp³-hybridized carbons (Fsp3) is 0.100. The van der Waals surface area contributed by atoms with Crippen LogP contribution in [0.5, 0.6) is 0 Å². The van der Waals surface area contributed by atoms with Crippen molar-refractivity contribution in [1.29, 1.82) is 5.26 Å². The summed E-state index contributed by atoms with van der Waals surface area (Å²) in [5.74, 6) is 0. The lowest BCUT2D eigenvalue weighted by molar-refractivity contribution is -0.385. The molecule has 0 fully saturated rings. The highest BCUT2D eigenvalue weighted by Gasteiger charge is 2.14. The monoisotopic (exact) mass is 361 g/mol. The third kappa shape index (κ3) is 3.53. The minimum atomic E-state index is -0.455. The van der Waals surface area contributed by atoms with Gasteiger partial charge in [0, 0.05) is 17.0 Å². The second-order valence-corrected chi connectivity index (χ2v) is 6.70. The van der Waals surface area contributed by atoms with E-state index < -0.39 is 4.92 Å². The van der Waals surface area contributed by atoms with Crippen molar-refractivity contribution < 1.29 is 4.92 Å². The zero-order valence-electron chi connectivity index (χ0n) is 14.3. The molecule has 0 saturated heterocycles. The zero-order valence-corrected chi connectivity index (χ0v) is 15.1. The van der Waals surface area contributed by atoms with Crippen LogP contribution < -0.4 is 0 Å². The van der Waals surface area contributed by atoms with E-state index in [0.29, 0.717) is 16.1 Å². The fourth-order valence-corrected chi connectivity index (χ4v) is 3.48. The van der Waals surface area contributed by atoms with E-state index in [1.54, 1.807) is 18.2 Å². The Morgan fingerprint density at radius 3 is 2.73 bits per heavy atom. The highest BCUT2D eigenvalue weighted by molar-refractivity contribution is 7.11. The average molecular weight is 361 g/mol. The van der Waals surface area contributed by atoms with Crippen LogP contribution in [-0.2, 0) is 0 Å². The number of allylic oxidation sites excluding steroid dienone is 1. The Balaban J connectivity index is 2.02. The van der Waals surface area contributed by atoms with Gasteiger partial charge in [-0.15, -0.1) is 11.3 Å². The summed E-state index contributed by atoms with van der Waals surface area (Å²) in [5, 5.41) is 23.1. The Morgan fingerprint density at radius 2 is 2.04 bits per heavy atom. The van der Waals surface area contributed by atoms with E-state index in [2.05, 4.69) is 17.1 Å². The normalized spacial score (nSPS) is 11.2. The molecule has 0 atom stereocenters. The van der Waals surface area contributed by atoms with Gasteiger partial charge in [-0.05, 0) is 31.6 Å². The number of benzene rings is 2. The first kappa shape index (κ1) is 17.5. The largest absolute Gasteiger partial charge is 0.276 e. The van der Waals surface area contributed by atoms with Gasteiger partial charge in [0.05, 0.1) is 21.8 Å². The van der Waals surface area contributed by atoms with E-state index in [1.807, 2.05) is 31.4 Å². The molecule has 0 radical (unpaired) electrons. The maximum atomic E-state index is 11.2. The summed E-state index contributed by atoms with van der Waals surface area (Å²) in [5.41, 5.74) is 4.76. The number of hydrogen-bond acceptors (Lipinski definition) is 5. The predicted octanol–water partition coefficient (Wildman–Crippen LogP) is 5.40. The van der Waals surface area contributed by atoms with E-state index in [9.17, 15) is 15.4 Å². The van der Waals surface area contributed by atoms with Gasteiger partial charge in [-0.2, -0.15) is 5.26 Å². The second kappa shape index (κ2) is 7.30. The Morgan fingerprint density at radius 1 is 1.27 bits per heavy atom. The average Bonchev–Trinajstić information content (AvgIpc) is 3.09.